The molecule has 6 rings (SSSR count). The molecule has 0 saturated heterocycles. The quantitative estimate of drug-likeness (QED) is 0.174. The summed E-state index contributed by atoms with van der Waals surface area (Å²) in [7, 11) is 0. The van der Waals surface area contributed by atoms with Gasteiger partial charge in [0.25, 0.3) is 0 Å². The molecule has 0 atom stereocenters. The van der Waals surface area contributed by atoms with Crippen molar-refractivity contribution in [2.75, 3.05) is 0 Å². The first kappa shape index (κ1) is 24.7. The van der Waals surface area contributed by atoms with Crippen LogP contribution in [-0.4, -0.2) is 20.4 Å². The highest BCUT2D eigenvalue weighted by molar-refractivity contribution is 6.53. The van der Waals surface area contributed by atoms with Crippen LogP contribution in [0.5, 0.6) is 23.0 Å². The van der Waals surface area contributed by atoms with E-state index in [-0.39, 0.29) is 38.1 Å². The Morgan fingerprint density at radius 1 is 0.556 bits per heavy atom. The van der Waals surface area contributed by atoms with E-state index in [2.05, 4.69) is 0 Å². The second kappa shape index (κ2) is 9.45. The molecule has 0 aliphatic heterocycles. The van der Waals surface area contributed by atoms with E-state index in [0.717, 1.165) is 5.56 Å². The number of phenolic OH excluding ortho intramolecular Hbond substituents is 4. The number of fused-ring (bicyclic) bond motifs is 3. The minimum absolute atomic E-state index is 0.0302. The third-order valence-electron chi connectivity index (χ3n) is 6.25. The van der Waals surface area contributed by atoms with Crippen LogP contribution in [0.2, 0.25) is 15.1 Å². The van der Waals surface area contributed by atoms with E-state index in [1.807, 2.05) is 0 Å². The zero-order valence-corrected chi connectivity index (χ0v) is 21.5. The highest BCUT2D eigenvalue weighted by Gasteiger charge is 2.20. The Bertz CT molecular complexity index is 1580. The third-order valence-corrected chi connectivity index (χ3v) is 7.58. The van der Waals surface area contributed by atoms with Crippen molar-refractivity contribution in [3.05, 3.63) is 91.9 Å². The fraction of sp³-hybridized carbons (Fsp3) is 0.0714. The minimum atomic E-state index is -0.183. The summed E-state index contributed by atoms with van der Waals surface area (Å²) < 4.78 is 0. The van der Waals surface area contributed by atoms with Crippen molar-refractivity contribution in [1.82, 2.24) is 0 Å². The highest BCUT2D eigenvalue weighted by Crippen LogP contribution is 2.45. The normalized spacial score (nSPS) is 14.3. The largest absolute Gasteiger partial charge is 0.507 e. The molecular formula is C28H18Cl4O4. The molecule has 36 heavy (non-hydrogen) atoms. The average molecular weight is 560 g/mol. The van der Waals surface area contributed by atoms with Crippen molar-refractivity contribution in [3.8, 4) is 45.3 Å². The van der Waals surface area contributed by atoms with Gasteiger partial charge in [-0.1, -0.05) is 58.5 Å². The Morgan fingerprint density at radius 3 is 2.06 bits per heavy atom. The molecule has 4 aromatic carbocycles. The van der Waals surface area contributed by atoms with Crippen molar-refractivity contribution in [3.63, 3.8) is 0 Å². The lowest BCUT2D eigenvalue weighted by molar-refractivity contribution is 0.469. The predicted octanol–water partition coefficient (Wildman–Crippen LogP) is 8.64. The molecule has 0 heterocycles. The Balaban J connectivity index is 1.83. The second-order valence-electron chi connectivity index (χ2n) is 8.52. The van der Waals surface area contributed by atoms with E-state index >= 15 is 0 Å². The van der Waals surface area contributed by atoms with Crippen molar-refractivity contribution < 1.29 is 20.4 Å². The molecule has 0 amide bonds. The van der Waals surface area contributed by atoms with Crippen LogP contribution in [0.1, 0.15) is 22.3 Å². The van der Waals surface area contributed by atoms with Crippen molar-refractivity contribution >= 4 is 57.5 Å². The van der Waals surface area contributed by atoms with E-state index in [1.54, 1.807) is 48.5 Å². The summed E-state index contributed by atoms with van der Waals surface area (Å²) in [6.07, 6.45) is 2.49. The van der Waals surface area contributed by atoms with Gasteiger partial charge in [0.15, 0.2) is 0 Å². The first-order chi connectivity index (χ1) is 17.1. The van der Waals surface area contributed by atoms with Crippen LogP contribution >= 0.6 is 46.4 Å². The topological polar surface area (TPSA) is 80.9 Å². The fourth-order valence-electron chi connectivity index (χ4n) is 4.42. The van der Waals surface area contributed by atoms with E-state index in [0.29, 0.717) is 56.8 Å². The standard InChI is InChI=1S/C28H18Cl4O4/c29-21-9-14-8-19(28(36)23(31)10-14)17-7-13(2-5-24(17)33)1-3-16-15(4-6-25(34)27(16)32)18-11-22(30)20(21)12-26(18)35/h2,4-12,33-36H,1,3H2/b21-9+. The summed E-state index contributed by atoms with van der Waals surface area (Å²) in [6, 6.07) is 14.5. The first-order valence-electron chi connectivity index (χ1n) is 10.9. The van der Waals surface area contributed by atoms with Gasteiger partial charge in [-0.15, -0.1) is 0 Å². The minimum Gasteiger partial charge on any atom is -0.507 e. The summed E-state index contributed by atoms with van der Waals surface area (Å²) in [5.74, 6) is -0.359. The Hall–Kier alpha value is -3.02. The molecule has 8 heteroatoms. The lowest BCUT2D eigenvalue weighted by Gasteiger charge is -2.17. The van der Waals surface area contributed by atoms with Gasteiger partial charge in [0.05, 0.1) is 20.1 Å². The Kier molecular flexibility index (Phi) is 6.48. The zero-order valence-electron chi connectivity index (χ0n) is 18.5. The lowest BCUT2D eigenvalue weighted by atomic mass is 9.91. The van der Waals surface area contributed by atoms with Crippen LogP contribution in [0.3, 0.4) is 0 Å². The molecule has 2 aliphatic carbocycles. The highest BCUT2D eigenvalue weighted by atomic mass is 35.5. The monoisotopic (exact) mass is 558 g/mol. The molecule has 0 saturated carbocycles. The maximum Gasteiger partial charge on any atom is 0.142 e. The van der Waals surface area contributed by atoms with Gasteiger partial charge >= 0.3 is 0 Å². The maximum atomic E-state index is 10.9. The first-order valence-corrected chi connectivity index (χ1v) is 12.4. The Morgan fingerprint density at radius 2 is 1.28 bits per heavy atom. The molecule has 4 nitrogen and oxygen atoms in total. The summed E-state index contributed by atoms with van der Waals surface area (Å²) in [4.78, 5) is 0. The van der Waals surface area contributed by atoms with Crippen molar-refractivity contribution in [1.29, 1.82) is 0 Å². The molecular weight excluding hydrogens is 542 g/mol. The summed E-state index contributed by atoms with van der Waals surface area (Å²) in [6.45, 7) is 0. The molecule has 0 unspecified atom stereocenters. The molecule has 0 aromatic heterocycles. The summed E-state index contributed by atoms with van der Waals surface area (Å²) in [5.41, 5.74) is 4.18. The summed E-state index contributed by atoms with van der Waals surface area (Å²) >= 11 is 26.0. The number of benzene rings is 4. The van der Waals surface area contributed by atoms with Gasteiger partial charge in [-0.05, 0) is 83.6 Å². The van der Waals surface area contributed by atoms with Crippen LogP contribution in [0.15, 0.2) is 54.6 Å². The van der Waals surface area contributed by atoms with Crippen molar-refractivity contribution in [2.45, 2.75) is 12.8 Å². The number of rotatable bonds is 0. The lowest BCUT2D eigenvalue weighted by Crippen LogP contribution is -1.98. The number of halogens is 4. The molecule has 0 spiro atoms. The molecule has 0 radical (unpaired) electrons. The van der Waals surface area contributed by atoms with Crippen LogP contribution in [0, 0.1) is 0 Å². The van der Waals surface area contributed by atoms with Gasteiger partial charge in [0.1, 0.15) is 23.0 Å². The van der Waals surface area contributed by atoms with Crippen LogP contribution in [0.25, 0.3) is 33.4 Å². The molecule has 4 aromatic rings. The fourth-order valence-corrected chi connectivity index (χ4v) is 5.51. The number of hydrogen-bond acceptors (Lipinski definition) is 4. The van der Waals surface area contributed by atoms with Gasteiger partial charge in [0, 0.05) is 22.3 Å². The van der Waals surface area contributed by atoms with E-state index in [1.165, 1.54) is 12.1 Å². The van der Waals surface area contributed by atoms with Gasteiger partial charge in [-0.3, -0.25) is 0 Å². The summed E-state index contributed by atoms with van der Waals surface area (Å²) in [5, 5.41) is 43.3. The van der Waals surface area contributed by atoms with Gasteiger partial charge < -0.3 is 20.4 Å². The second-order valence-corrected chi connectivity index (χ2v) is 10.1. The van der Waals surface area contributed by atoms with E-state index in [4.69, 9.17) is 46.4 Å². The predicted molar refractivity (Wildman–Crippen MR) is 147 cm³/mol. The smallest absolute Gasteiger partial charge is 0.142 e. The average Bonchev–Trinajstić information content (AvgIpc) is 2.84. The van der Waals surface area contributed by atoms with E-state index in [9.17, 15) is 20.4 Å². The van der Waals surface area contributed by atoms with Gasteiger partial charge in [-0.2, -0.15) is 0 Å². The third kappa shape index (κ3) is 4.35. The SMILES string of the molecule is Oc1ccc2cc1-c1cc(cc(Cl)c1O)/C=C(/Cl)c1cc(O)c(cc1Cl)-c1ccc(O)c(Cl)c1CC2. The van der Waals surface area contributed by atoms with Crippen LogP contribution in [0.4, 0.5) is 0 Å². The number of aryl methyl sites for hydroxylation is 1. The number of aromatic hydroxyl groups is 4. The Labute approximate surface area is 227 Å². The van der Waals surface area contributed by atoms with Gasteiger partial charge in [-0.25, -0.2) is 0 Å². The maximum absolute atomic E-state index is 10.9. The number of phenols is 4. The molecule has 2 aliphatic rings. The molecule has 182 valence electrons. The molecule has 6 bridgehead atoms. The van der Waals surface area contributed by atoms with Crippen LogP contribution < -0.4 is 0 Å². The molecule has 0 fully saturated rings. The van der Waals surface area contributed by atoms with Crippen molar-refractivity contribution in [2.24, 2.45) is 0 Å². The zero-order chi connectivity index (χ0) is 25.7. The van der Waals surface area contributed by atoms with E-state index < -0.39 is 0 Å². The molecule has 4 N–H and O–H groups in total. The number of hydrogen-bond donors (Lipinski definition) is 4. The van der Waals surface area contributed by atoms with Gasteiger partial charge in [0.2, 0.25) is 0 Å². The van der Waals surface area contributed by atoms with Crippen LogP contribution in [-0.2, 0) is 12.8 Å².